The van der Waals surface area contributed by atoms with Crippen LogP contribution in [0.3, 0.4) is 0 Å². The van der Waals surface area contributed by atoms with E-state index in [-0.39, 0.29) is 6.10 Å². The van der Waals surface area contributed by atoms with E-state index in [9.17, 15) is 5.11 Å². The molecule has 0 bridgehead atoms. The predicted molar refractivity (Wildman–Crippen MR) is 85.8 cm³/mol. The molecule has 0 heterocycles. The van der Waals surface area contributed by atoms with Gasteiger partial charge >= 0.3 is 0 Å². The maximum atomic E-state index is 10.6. The van der Waals surface area contributed by atoms with Gasteiger partial charge in [-0.3, -0.25) is 0 Å². The van der Waals surface area contributed by atoms with Gasteiger partial charge < -0.3 is 5.11 Å². The van der Waals surface area contributed by atoms with Gasteiger partial charge in [0.05, 0.1) is 6.10 Å². The van der Waals surface area contributed by atoms with E-state index in [0.29, 0.717) is 5.92 Å². The van der Waals surface area contributed by atoms with Crippen LogP contribution in [0.4, 0.5) is 0 Å². The molecular formula is C19H30O. The fourth-order valence-corrected chi connectivity index (χ4v) is 3.64. The van der Waals surface area contributed by atoms with Crippen LogP contribution in [0.2, 0.25) is 0 Å². The van der Waals surface area contributed by atoms with E-state index in [1.165, 1.54) is 50.5 Å². The van der Waals surface area contributed by atoms with Crippen LogP contribution in [0.15, 0.2) is 24.3 Å². The van der Waals surface area contributed by atoms with Crippen molar-refractivity contribution in [2.24, 2.45) is 11.8 Å². The molecule has 0 aliphatic heterocycles. The summed E-state index contributed by atoms with van der Waals surface area (Å²) >= 11 is 0. The fraction of sp³-hybridized carbons (Fsp3) is 0.684. The Morgan fingerprint density at radius 3 is 2.20 bits per heavy atom. The quantitative estimate of drug-likeness (QED) is 0.748. The van der Waals surface area contributed by atoms with Gasteiger partial charge in [-0.25, -0.2) is 0 Å². The highest BCUT2D eigenvalue weighted by Gasteiger charge is 2.26. The molecule has 2 rings (SSSR count). The van der Waals surface area contributed by atoms with Crippen molar-refractivity contribution < 1.29 is 5.11 Å². The van der Waals surface area contributed by atoms with Gasteiger partial charge in [0.15, 0.2) is 0 Å². The molecule has 0 amide bonds. The van der Waals surface area contributed by atoms with Crippen molar-refractivity contribution in [3.05, 3.63) is 35.4 Å². The van der Waals surface area contributed by atoms with Gasteiger partial charge in [-0.1, -0.05) is 70.2 Å². The van der Waals surface area contributed by atoms with E-state index in [0.717, 1.165) is 17.9 Å². The Morgan fingerprint density at radius 2 is 1.65 bits per heavy atom. The Kier molecular flexibility index (Phi) is 6.09. The van der Waals surface area contributed by atoms with Crippen molar-refractivity contribution in [1.82, 2.24) is 0 Å². The molecule has 1 N–H and O–H groups in total. The van der Waals surface area contributed by atoms with E-state index in [1.807, 2.05) is 0 Å². The third kappa shape index (κ3) is 4.09. The first-order valence-electron chi connectivity index (χ1n) is 8.51. The zero-order chi connectivity index (χ0) is 14.4. The van der Waals surface area contributed by atoms with E-state index >= 15 is 0 Å². The molecule has 1 fully saturated rings. The van der Waals surface area contributed by atoms with Crippen molar-refractivity contribution in [3.8, 4) is 0 Å². The van der Waals surface area contributed by atoms with Gasteiger partial charge in [0.25, 0.3) is 0 Å². The standard InChI is InChI=1S/C19H30O/c1-3-5-15-7-11-17(12-8-15)19(20)18-13-9-16(6-4-2)10-14-18/h7-8,11-12,16,18-20H,3-6,9-10,13-14H2,1-2H3. The number of hydrogen-bond donors (Lipinski definition) is 1. The number of aliphatic hydroxyl groups is 1. The molecule has 1 aliphatic carbocycles. The molecule has 1 aromatic rings. The lowest BCUT2D eigenvalue weighted by Crippen LogP contribution is -2.20. The maximum absolute atomic E-state index is 10.6. The lowest BCUT2D eigenvalue weighted by atomic mass is 9.76. The molecule has 1 unspecified atom stereocenters. The Morgan fingerprint density at radius 1 is 1.00 bits per heavy atom. The van der Waals surface area contributed by atoms with Gasteiger partial charge in [0.2, 0.25) is 0 Å². The highest BCUT2D eigenvalue weighted by Crippen LogP contribution is 2.38. The van der Waals surface area contributed by atoms with Crippen molar-refractivity contribution in [3.63, 3.8) is 0 Å². The number of hydrogen-bond acceptors (Lipinski definition) is 1. The number of aliphatic hydroxyl groups excluding tert-OH is 1. The first-order chi connectivity index (χ1) is 9.74. The van der Waals surface area contributed by atoms with Crippen LogP contribution in [0.5, 0.6) is 0 Å². The maximum Gasteiger partial charge on any atom is 0.0818 e. The second-order valence-electron chi connectivity index (χ2n) is 6.51. The summed E-state index contributed by atoms with van der Waals surface area (Å²) in [5.74, 6) is 1.38. The minimum atomic E-state index is -0.256. The largest absolute Gasteiger partial charge is 0.388 e. The van der Waals surface area contributed by atoms with E-state index in [2.05, 4.69) is 38.1 Å². The van der Waals surface area contributed by atoms with Gasteiger partial charge in [-0.15, -0.1) is 0 Å². The molecule has 0 saturated heterocycles. The topological polar surface area (TPSA) is 20.2 Å². The van der Waals surface area contributed by atoms with Gasteiger partial charge in [-0.05, 0) is 42.2 Å². The molecule has 1 aromatic carbocycles. The number of aryl methyl sites for hydroxylation is 1. The van der Waals surface area contributed by atoms with E-state index in [4.69, 9.17) is 0 Å². The average Bonchev–Trinajstić information content (AvgIpc) is 2.49. The van der Waals surface area contributed by atoms with Crippen LogP contribution in [0, 0.1) is 11.8 Å². The summed E-state index contributed by atoms with van der Waals surface area (Å²) in [6, 6.07) is 8.64. The van der Waals surface area contributed by atoms with Crippen LogP contribution < -0.4 is 0 Å². The average molecular weight is 274 g/mol. The molecule has 1 atom stereocenters. The fourth-order valence-electron chi connectivity index (χ4n) is 3.64. The summed E-state index contributed by atoms with van der Waals surface area (Å²) < 4.78 is 0. The van der Waals surface area contributed by atoms with Crippen LogP contribution >= 0.6 is 0 Å². The van der Waals surface area contributed by atoms with Crippen LogP contribution in [-0.2, 0) is 6.42 Å². The first kappa shape index (κ1) is 15.6. The number of benzene rings is 1. The predicted octanol–water partition coefficient (Wildman–Crippen LogP) is 5.28. The molecule has 112 valence electrons. The zero-order valence-electron chi connectivity index (χ0n) is 13.1. The molecule has 0 radical (unpaired) electrons. The third-order valence-electron chi connectivity index (χ3n) is 4.89. The van der Waals surface area contributed by atoms with Crippen molar-refractivity contribution in [2.75, 3.05) is 0 Å². The Bertz CT molecular complexity index is 373. The van der Waals surface area contributed by atoms with Crippen LogP contribution in [0.25, 0.3) is 0 Å². The Hall–Kier alpha value is -0.820. The molecule has 20 heavy (non-hydrogen) atoms. The lowest BCUT2D eigenvalue weighted by molar-refractivity contribution is 0.0722. The number of rotatable bonds is 6. The van der Waals surface area contributed by atoms with Gasteiger partial charge in [0.1, 0.15) is 0 Å². The molecule has 1 heteroatoms. The highest BCUT2D eigenvalue weighted by molar-refractivity contribution is 5.24. The van der Waals surface area contributed by atoms with E-state index < -0.39 is 0 Å². The van der Waals surface area contributed by atoms with Crippen molar-refractivity contribution in [2.45, 2.75) is 71.3 Å². The SMILES string of the molecule is CCCc1ccc(C(O)C2CCC(CCC)CC2)cc1. The summed E-state index contributed by atoms with van der Waals surface area (Å²) in [5, 5.41) is 10.6. The Balaban J connectivity index is 1.89. The summed E-state index contributed by atoms with van der Waals surface area (Å²) in [5.41, 5.74) is 2.50. The van der Waals surface area contributed by atoms with Gasteiger partial charge in [-0.2, -0.15) is 0 Å². The molecule has 1 saturated carbocycles. The highest BCUT2D eigenvalue weighted by atomic mass is 16.3. The normalized spacial score (nSPS) is 24.6. The second-order valence-corrected chi connectivity index (χ2v) is 6.51. The summed E-state index contributed by atoms with van der Waals surface area (Å²) in [6.07, 6.45) is 9.75. The zero-order valence-corrected chi connectivity index (χ0v) is 13.1. The third-order valence-corrected chi connectivity index (χ3v) is 4.89. The second kappa shape index (κ2) is 7.83. The van der Waals surface area contributed by atoms with Crippen LogP contribution in [-0.4, -0.2) is 5.11 Å². The molecule has 0 spiro atoms. The monoisotopic (exact) mass is 274 g/mol. The van der Waals surface area contributed by atoms with Crippen molar-refractivity contribution >= 4 is 0 Å². The van der Waals surface area contributed by atoms with E-state index in [1.54, 1.807) is 0 Å². The molecular weight excluding hydrogens is 244 g/mol. The minimum absolute atomic E-state index is 0.256. The molecule has 0 aromatic heterocycles. The smallest absolute Gasteiger partial charge is 0.0818 e. The summed E-state index contributed by atoms with van der Waals surface area (Å²) in [7, 11) is 0. The minimum Gasteiger partial charge on any atom is -0.388 e. The van der Waals surface area contributed by atoms with Crippen LogP contribution in [0.1, 0.15) is 76.0 Å². The summed E-state index contributed by atoms with van der Waals surface area (Å²) in [4.78, 5) is 0. The molecule has 1 aliphatic rings. The van der Waals surface area contributed by atoms with Crippen molar-refractivity contribution in [1.29, 1.82) is 0 Å². The van der Waals surface area contributed by atoms with Gasteiger partial charge in [0, 0.05) is 0 Å². The molecule has 1 nitrogen and oxygen atoms in total. The first-order valence-corrected chi connectivity index (χ1v) is 8.51. The summed E-state index contributed by atoms with van der Waals surface area (Å²) in [6.45, 7) is 4.48. The lowest BCUT2D eigenvalue weighted by Gasteiger charge is -2.31. The Labute approximate surface area is 124 Å².